The summed E-state index contributed by atoms with van der Waals surface area (Å²) in [6.45, 7) is 2.27. The number of nitrogens with two attached hydrogens (primary N) is 1. The van der Waals surface area contributed by atoms with E-state index in [0.717, 1.165) is 11.1 Å². The molecule has 2 rings (SSSR count). The van der Waals surface area contributed by atoms with Gasteiger partial charge in [0, 0.05) is 16.6 Å². The van der Waals surface area contributed by atoms with E-state index < -0.39 is 0 Å². The third kappa shape index (κ3) is 3.51. The topological polar surface area (TPSA) is 59.0 Å². The predicted molar refractivity (Wildman–Crippen MR) is 79.5 cm³/mol. The van der Waals surface area contributed by atoms with Crippen LogP contribution in [0.3, 0.4) is 0 Å². The molecular weight excluding hydrogens is 272 g/mol. The molecule has 0 fully saturated rings. The van der Waals surface area contributed by atoms with Gasteiger partial charge in [-0.25, -0.2) is 0 Å². The molecule has 0 aromatic heterocycles. The minimum Gasteiger partial charge on any atom is -0.489 e. The Kier molecular flexibility index (Phi) is 4.62. The summed E-state index contributed by atoms with van der Waals surface area (Å²) in [6, 6.07) is 14.7. The van der Waals surface area contributed by atoms with Gasteiger partial charge in [0.25, 0.3) is 0 Å². The number of halogens is 1. The maximum absolute atomic E-state index is 8.87. The molecular formula is C16H15ClN2O. The number of nitrogens with zero attached hydrogens (tertiary/aromatic N) is 1. The van der Waals surface area contributed by atoms with E-state index in [0.29, 0.717) is 22.9 Å². The van der Waals surface area contributed by atoms with Gasteiger partial charge in [-0.15, -0.1) is 0 Å². The molecule has 0 heterocycles. The Bertz CT molecular complexity index is 647. The lowest BCUT2D eigenvalue weighted by Gasteiger charge is -2.14. The highest BCUT2D eigenvalue weighted by atomic mass is 35.5. The highest BCUT2D eigenvalue weighted by Gasteiger charge is 2.09. The van der Waals surface area contributed by atoms with Gasteiger partial charge in [0.1, 0.15) is 12.4 Å². The van der Waals surface area contributed by atoms with Crippen LogP contribution in [0.5, 0.6) is 5.75 Å². The van der Waals surface area contributed by atoms with E-state index in [1.54, 1.807) is 12.1 Å². The number of hydrogen-bond acceptors (Lipinski definition) is 3. The van der Waals surface area contributed by atoms with Gasteiger partial charge >= 0.3 is 0 Å². The van der Waals surface area contributed by atoms with E-state index in [2.05, 4.69) is 6.07 Å². The van der Waals surface area contributed by atoms with Crippen LogP contribution in [0.25, 0.3) is 0 Å². The molecule has 4 heteroatoms. The van der Waals surface area contributed by atoms with E-state index in [-0.39, 0.29) is 6.04 Å². The molecule has 102 valence electrons. The molecule has 0 amide bonds. The van der Waals surface area contributed by atoms with Gasteiger partial charge in [-0.3, -0.25) is 0 Å². The Labute approximate surface area is 123 Å². The number of ether oxygens (including phenoxy) is 1. The number of rotatable bonds is 4. The van der Waals surface area contributed by atoms with E-state index in [1.807, 2.05) is 37.3 Å². The molecule has 2 N–H and O–H groups in total. The Hall–Kier alpha value is -2.02. The van der Waals surface area contributed by atoms with Crippen molar-refractivity contribution < 1.29 is 4.74 Å². The molecule has 0 aliphatic carbocycles. The second-order valence-corrected chi connectivity index (χ2v) is 5.01. The summed E-state index contributed by atoms with van der Waals surface area (Å²) in [5.74, 6) is 0.715. The average Bonchev–Trinajstić information content (AvgIpc) is 2.46. The molecule has 3 nitrogen and oxygen atoms in total. The minimum atomic E-state index is -0.158. The van der Waals surface area contributed by atoms with E-state index >= 15 is 0 Å². The molecule has 1 atom stereocenters. The van der Waals surface area contributed by atoms with Crippen molar-refractivity contribution >= 4 is 11.6 Å². The van der Waals surface area contributed by atoms with E-state index in [9.17, 15) is 0 Å². The van der Waals surface area contributed by atoms with Gasteiger partial charge in [-0.2, -0.15) is 5.26 Å². The molecule has 0 bridgehead atoms. The third-order valence-electron chi connectivity index (χ3n) is 2.91. The molecule has 0 saturated heterocycles. The van der Waals surface area contributed by atoms with Gasteiger partial charge in [0.05, 0.1) is 11.6 Å². The number of benzene rings is 2. The highest BCUT2D eigenvalue weighted by molar-refractivity contribution is 6.30. The average molecular weight is 287 g/mol. The molecule has 2 aromatic rings. The van der Waals surface area contributed by atoms with Crippen LogP contribution in [0.1, 0.15) is 29.7 Å². The number of nitriles is 1. The van der Waals surface area contributed by atoms with Crippen molar-refractivity contribution in [2.24, 2.45) is 5.73 Å². The molecule has 0 aliphatic heterocycles. The largest absolute Gasteiger partial charge is 0.489 e. The Morgan fingerprint density at radius 3 is 2.80 bits per heavy atom. The van der Waals surface area contributed by atoms with Crippen LogP contribution in [-0.2, 0) is 6.61 Å². The molecule has 2 aromatic carbocycles. The second-order valence-electron chi connectivity index (χ2n) is 4.57. The lowest BCUT2D eigenvalue weighted by molar-refractivity contribution is 0.301. The van der Waals surface area contributed by atoms with Crippen molar-refractivity contribution in [3.63, 3.8) is 0 Å². The summed E-state index contributed by atoms with van der Waals surface area (Å²) in [5, 5.41) is 9.51. The molecule has 0 spiro atoms. The first-order valence-electron chi connectivity index (χ1n) is 6.27. The van der Waals surface area contributed by atoms with Crippen LogP contribution in [0, 0.1) is 11.3 Å². The lowest BCUT2D eigenvalue weighted by atomic mass is 10.1. The first kappa shape index (κ1) is 14.4. The van der Waals surface area contributed by atoms with Gasteiger partial charge in [0.2, 0.25) is 0 Å². The van der Waals surface area contributed by atoms with Crippen molar-refractivity contribution in [3.05, 3.63) is 64.2 Å². The van der Waals surface area contributed by atoms with Crippen LogP contribution in [0.4, 0.5) is 0 Å². The van der Waals surface area contributed by atoms with Crippen molar-refractivity contribution in [2.45, 2.75) is 19.6 Å². The zero-order valence-corrected chi connectivity index (χ0v) is 11.9. The quantitative estimate of drug-likeness (QED) is 0.930. The second kappa shape index (κ2) is 6.42. The predicted octanol–water partition coefficient (Wildman–Crippen LogP) is 3.81. The van der Waals surface area contributed by atoms with Gasteiger partial charge in [0.15, 0.2) is 0 Å². The van der Waals surface area contributed by atoms with E-state index in [1.165, 1.54) is 0 Å². The van der Waals surface area contributed by atoms with Crippen LogP contribution >= 0.6 is 11.6 Å². The fourth-order valence-electron chi connectivity index (χ4n) is 1.90. The fraction of sp³-hybridized carbons (Fsp3) is 0.188. The van der Waals surface area contributed by atoms with Gasteiger partial charge in [-0.05, 0) is 42.8 Å². The summed E-state index contributed by atoms with van der Waals surface area (Å²) < 4.78 is 5.79. The first-order chi connectivity index (χ1) is 9.60. The fourth-order valence-corrected chi connectivity index (χ4v) is 2.08. The SMILES string of the molecule is C[C@H](N)c1cc(Cl)ccc1OCc1cccc(C#N)c1. The molecule has 0 unspecified atom stereocenters. The zero-order chi connectivity index (χ0) is 14.5. The minimum absolute atomic E-state index is 0.158. The first-order valence-corrected chi connectivity index (χ1v) is 6.65. The molecule has 0 aliphatic rings. The Morgan fingerprint density at radius 2 is 2.10 bits per heavy atom. The van der Waals surface area contributed by atoms with Crippen LogP contribution < -0.4 is 10.5 Å². The summed E-state index contributed by atoms with van der Waals surface area (Å²) in [5.41, 5.74) is 8.35. The smallest absolute Gasteiger partial charge is 0.124 e. The third-order valence-corrected chi connectivity index (χ3v) is 3.15. The lowest BCUT2D eigenvalue weighted by Crippen LogP contribution is -2.08. The highest BCUT2D eigenvalue weighted by Crippen LogP contribution is 2.27. The van der Waals surface area contributed by atoms with Crippen molar-refractivity contribution in [1.82, 2.24) is 0 Å². The summed E-state index contributed by atoms with van der Waals surface area (Å²) in [7, 11) is 0. The van der Waals surface area contributed by atoms with Crippen molar-refractivity contribution in [2.75, 3.05) is 0 Å². The molecule has 20 heavy (non-hydrogen) atoms. The number of hydrogen-bond donors (Lipinski definition) is 1. The van der Waals surface area contributed by atoms with Crippen LogP contribution in [0.2, 0.25) is 5.02 Å². The normalized spacial score (nSPS) is 11.7. The Balaban J connectivity index is 2.16. The zero-order valence-electron chi connectivity index (χ0n) is 11.1. The Morgan fingerprint density at radius 1 is 1.30 bits per heavy atom. The standard InChI is InChI=1S/C16H15ClN2O/c1-11(19)15-8-14(17)5-6-16(15)20-10-13-4-2-3-12(7-13)9-18/h2-8,11H,10,19H2,1H3/t11-/m0/s1. The van der Waals surface area contributed by atoms with Crippen molar-refractivity contribution in [1.29, 1.82) is 5.26 Å². The maximum atomic E-state index is 8.87. The summed E-state index contributed by atoms with van der Waals surface area (Å²) >= 11 is 5.97. The maximum Gasteiger partial charge on any atom is 0.124 e. The van der Waals surface area contributed by atoms with Crippen LogP contribution in [-0.4, -0.2) is 0 Å². The summed E-state index contributed by atoms with van der Waals surface area (Å²) in [4.78, 5) is 0. The molecule has 0 saturated carbocycles. The van der Waals surface area contributed by atoms with Crippen LogP contribution in [0.15, 0.2) is 42.5 Å². The monoisotopic (exact) mass is 286 g/mol. The summed E-state index contributed by atoms with van der Waals surface area (Å²) in [6.07, 6.45) is 0. The molecule has 0 radical (unpaired) electrons. The van der Waals surface area contributed by atoms with Gasteiger partial charge in [-0.1, -0.05) is 23.7 Å². The van der Waals surface area contributed by atoms with Crippen molar-refractivity contribution in [3.8, 4) is 11.8 Å². The van der Waals surface area contributed by atoms with Gasteiger partial charge < -0.3 is 10.5 Å². The van der Waals surface area contributed by atoms with E-state index in [4.69, 9.17) is 27.3 Å².